The second-order valence-corrected chi connectivity index (χ2v) is 3.81. The summed E-state index contributed by atoms with van der Waals surface area (Å²) in [7, 11) is 0. The second kappa shape index (κ2) is 5.31. The van der Waals surface area contributed by atoms with Crippen LogP contribution in [0.4, 0.5) is 5.69 Å². The Bertz CT molecular complexity index is 687. The minimum Gasteiger partial charge on any atom is -0.477 e. The van der Waals surface area contributed by atoms with Crippen molar-refractivity contribution in [2.45, 2.75) is 6.92 Å². The number of hydrogen-bond acceptors (Lipinski definition) is 6. The molecule has 8 heteroatoms. The van der Waals surface area contributed by atoms with E-state index >= 15 is 0 Å². The summed E-state index contributed by atoms with van der Waals surface area (Å²) < 4.78 is 5.31. The molecule has 0 amide bonds. The third-order valence-electron chi connectivity index (χ3n) is 2.41. The number of ether oxygens (including phenoxy) is 1. The zero-order valence-electron chi connectivity index (χ0n) is 10.3. The van der Waals surface area contributed by atoms with Crippen LogP contribution < -0.4 is 4.74 Å². The molecule has 0 aliphatic heterocycles. The van der Waals surface area contributed by atoms with E-state index in [2.05, 4.69) is 9.97 Å². The number of nitro groups is 1. The maximum Gasteiger partial charge on any atom is 0.346 e. The molecule has 0 aliphatic rings. The Hall–Kier alpha value is -3.03. The Morgan fingerprint density at radius 3 is 2.75 bits per heavy atom. The van der Waals surface area contributed by atoms with E-state index in [0.717, 1.165) is 6.07 Å². The number of nitro benzene ring substituents is 1. The minimum absolute atomic E-state index is 0.112. The molecule has 1 N–H and O–H groups in total. The molecular weight excluding hydrogens is 266 g/mol. The average molecular weight is 275 g/mol. The van der Waals surface area contributed by atoms with Gasteiger partial charge in [0.25, 0.3) is 5.69 Å². The van der Waals surface area contributed by atoms with Crippen molar-refractivity contribution in [1.29, 1.82) is 0 Å². The van der Waals surface area contributed by atoms with E-state index in [9.17, 15) is 14.9 Å². The molecule has 0 radical (unpaired) electrons. The van der Waals surface area contributed by atoms with Gasteiger partial charge in [0.1, 0.15) is 6.33 Å². The Morgan fingerprint density at radius 1 is 1.40 bits per heavy atom. The minimum atomic E-state index is -1.45. The molecule has 0 saturated heterocycles. The van der Waals surface area contributed by atoms with Crippen LogP contribution in [0, 0.1) is 17.0 Å². The van der Waals surface area contributed by atoms with Crippen LogP contribution in [0.15, 0.2) is 30.6 Å². The lowest BCUT2D eigenvalue weighted by molar-refractivity contribution is -0.385. The van der Waals surface area contributed by atoms with E-state index in [1.54, 1.807) is 6.92 Å². The highest BCUT2D eigenvalue weighted by atomic mass is 16.6. The maximum atomic E-state index is 11.2. The molecule has 1 aromatic carbocycles. The number of aryl methyl sites for hydroxylation is 1. The highest BCUT2D eigenvalue weighted by Gasteiger charge is 2.25. The fraction of sp³-hybridized carbons (Fsp3) is 0.0833. The van der Waals surface area contributed by atoms with Gasteiger partial charge in [-0.2, -0.15) is 0 Å². The van der Waals surface area contributed by atoms with E-state index in [4.69, 9.17) is 9.84 Å². The van der Waals surface area contributed by atoms with Gasteiger partial charge < -0.3 is 9.84 Å². The van der Waals surface area contributed by atoms with E-state index in [1.807, 2.05) is 0 Å². The van der Waals surface area contributed by atoms with Crippen molar-refractivity contribution in [3.8, 4) is 11.6 Å². The normalized spacial score (nSPS) is 10.1. The molecule has 0 fully saturated rings. The molecule has 8 nitrogen and oxygen atoms in total. The number of rotatable bonds is 4. The van der Waals surface area contributed by atoms with Crippen LogP contribution in [0.3, 0.4) is 0 Å². The summed E-state index contributed by atoms with van der Waals surface area (Å²) in [5.41, 5.74) is -0.438. The summed E-state index contributed by atoms with van der Waals surface area (Å²) in [5.74, 6) is -1.48. The number of aromatic nitrogens is 2. The second-order valence-electron chi connectivity index (χ2n) is 3.81. The predicted molar refractivity (Wildman–Crippen MR) is 66.9 cm³/mol. The first kappa shape index (κ1) is 13.4. The van der Waals surface area contributed by atoms with Crippen LogP contribution >= 0.6 is 0 Å². The first-order valence-electron chi connectivity index (χ1n) is 5.46. The molecule has 0 bridgehead atoms. The molecule has 102 valence electrons. The highest BCUT2D eigenvalue weighted by molar-refractivity contribution is 5.95. The van der Waals surface area contributed by atoms with Crippen molar-refractivity contribution in [2.24, 2.45) is 0 Å². The number of aromatic carboxylic acids is 1. The number of hydrogen-bond donors (Lipinski definition) is 1. The first-order valence-corrected chi connectivity index (χ1v) is 5.46. The summed E-state index contributed by atoms with van der Waals surface area (Å²) in [6.07, 6.45) is 1.25. The molecule has 20 heavy (non-hydrogen) atoms. The number of carboxylic acids is 1. The van der Waals surface area contributed by atoms with Crippen molar-refractivity contribution < 1.29 is 19.6 Å². The van der Waals surface area contributed by atoms with Crippen molar-refractivity contribution in [3.63, 3.8) is 0 Å². The van der Waals surface area contributed by atoms with E-state index in [1.165, 1.54) is 24.5 Å². The average Bonchev–Trinajstić information content (AvgIpc) is 2.38. The van der Waals surface area contributed by atoms with Gasteiger partial charge in [0.05, 0.1) is 4.92 Å². The van der Waals surface area contributed by atoms with Gasteiger partial charge in [-0.15, -0.1) is 0 Å². The summed E-state index contributed by atoms with van der Waals surface area (Å²) in [5, 5.41) is 20.0. The summed E-state index contributed by atoms with van der Waals surface area (Å²) in [6.45, 7) is 1.71. The summed E-state index contributed by atoms with van der Waals surface area (Å²) in [6, 6.07) is 5.26. The van der Waals surface area contributed by atoms with Gasteiger partial charge in [-0.3, -0.25) is 10.1 Å². The SMILES string of the molecule is Cc1cc(Oc2cccc([N+](=O)[O-])c2C(=O)O)ncn1. The number of nitrogens with zero attached hydrogens (tertiary/aromatic N) is 3. The number of benzene rings is 1. The standard InChI is InChI=1S/C12H9N3O5/c1-7-5-10(14-6-13-7)20-9-4-2-3-8(15(18)19)11(9)12(16)17/h2-6H,1H3,(H,16,17). The fourth-order valence-electron chi connectivity index (χ4n) is 1.57. The molecule has 0 atom stereocenters. The molecule has 0 spiro atoms. The third kappa shape index (κ3) is 2.69. The lowest BCUT2D eigenvalue weighted by atomic mass is 10.1. The van der Waals surface area contributed by atoms with Crippen molar-refractivity contribution >= 4 is 11.7 Å². The number of carbonyl (C=O) groups is 1. The van der Waals surface area contributed by atoms with Crippen molar-refractivity contribution in [1.82, 2.24) is 9.97 Å². The number of carboxylic acid groups (broad SMARTS) is 1. The van der Waals surface area contributed by atoms with Crippen LogP contribution in [0.25, 0.3) is 0 Å². The largest absolute Gasteiger partial charge is 0.477 e. The molecule has 1 aromatic heterocycles. The molecular formula is C12H9N3O5. The summed E-state index contributed by atoms with van der Waals surface area (Å²) >= 11 is 0. The van der Waals surface area contributed by atoms with Gasteiger partial charge in [-0.05, 0) is 13.0 Å². The molecule has 1 heterocycles. The molecule has 0 unspecified atom stereocenters. The van der Waals surface area contributed by atoms with E-state index in [-0.39, 0.29) is 11.6 Å². The summed E-state index contributed by atoms with van der Waals surface area (Å²) in [4.78, 5) is 28.9. The molecule has 2 rings (SSSR count). The zero-order chi connectivity index (χ0) is 14.7. The topological polar surface area (TPSA) is 115 Å². The lowest BCUT2D eigenvalue weighted by Gasteiger charge is -2.08. The van der Waals surface area contributed by atoms with Crippen LogP contribution in [0.2, 0.25) is 0 Å². The Balaban J connectivity index is 2.49. The van der Waals surface area contributed by atoms with Crippen molar-refractivity contribution in [3.05, 3.63) is 52.0 Å². The quantitative estimate of drug-likeness (QED) is 0.671. The van der Waals surface area contributed by atoms with E-state index < -0.39 is 22.1 Å². The van der Waals surface area contributed by atoms with Crippen LogP contribution in [0.1, 0.15) is 16.1 Å². The van der Waals surface area contributed by atoms with Crippen LogP contribution in [-0.4, -0.2) is 26.0 Å². The molecule has 2 aromatic rings. The molecule has 0 saturated carbocycles. The fourth-order valence-corrected chi connectivity index (χ4v) is 1.57. The van der Waals surface area contributed by atoms with Gasteiger partial charge in [-0.25, -0.2) is 14.8 Å². The van der Waals surface area contributed by atoms with Gasteiger partial charge in [-0.1, -0.05) is 6.07 Å². The van der Waals surface area contributed by atoms with Crippen LogP contribution in [0.5, 0.6) is 11.6 Å². The Morgan fingerprint density at radius 2 is 2.15 bits per heavy atom. The molecule has 0 aliphatic carbocycles. The Labute approximate surface area is 112 Å². The third-order valence-corrected chi connectivity index (χ3v) is 2.41. The first-order chi connectivity index (χ1) is 9.49. The monoisotopic (exact) mass is 275 g/mol. The highest BCUT2D eigenvalue weighted by Crippen LogP contribution is 2.31. The lowest BCUT2D eigenvalue weighted by Crippen LogP contribution is -2.05. The smallest absolute Gasteiger partial charge is 0.346 e. The van der Waals surface area contributed by atoms with Gasteiger partial charge in [0, 0.05) is 17.8 Å². The maximum absolute atomic E-state index is 11.2. The predicted octanol–water partition coefficient (Wildman–Crippen LogP) is 2.18. The van der Waals surface area contributed by atoms with Gasteiger partial charge >= 0.3 is 5.97 Å². The zero-order valence-corrected chi connectivity index (χ0v) is 10.3. The van der Waals surface area contributed by atoms with E-state index in [0.29, 0.717) is 5.69 Å². The Kier molecular flexibility index (Phi) is 3.56. The van der Waals surface area contributed by atoms with Gasteiger partial charge in [0.15, 0.2) is 11.3 Å². The van der Waals surface area contributed by atoms with Gasteiger partial charge in [0.2, 0.25) is 5.88 Å². The van der Waals surface area contributed by atoms with Crippen LogP contribution in [-0.2, 0) is 0 Å². The van der Waals surface area contributed by atoms with Crippen molar-refractivity contribution in [2.75, 3.05) is 0 Å².